The van der Waals surface area contributed by atoms with E-state index in [0.717, 1.165) is 5.56 Å². The first-order valence-corrected chi connectivity index (χ1v) is 8.22. The second-order valence-electron chi connectivity index (χ2n) is 7.17. The molecular weight excluding hydrogens is 311 g/mol. The lowest BCUT2D eigenvalue weighted by Gasteiger charge is -2.25. The quantitative estimate of drug-likeness (QED) is 0.837. The van der Waals surface area contributed by atoms with Gasteiger partial charge >= 0.3 is 5.97 Å². The van der Waals surface area contributed by atoms with Crippen molar-refractivity contribution in [3.8, 4) is 0 Å². The van der Waals surface area contributed by atoms with Crippen LogP contribution in [-0.2, 0) is 9.59 Å². The van der Waals surface area contributed by atoms with Crippen molar-refractivity contribution >= 4 is 11.9 Å². The van der Waals surface area contributed by atoms with E-state index in [1.807, 2.05) is 18.7 Å². The van der Waals surface area contributed by atoms with Crippen LogP contribution in [0.25, 0.3) is 0 Å². The Hall–Kier alpha value is -1.95. The normalized spacial score (nSPS) is 22.5. The molecule has 1 aromatic rings. The molecule has 2 N–H and O–H groups in total. The minimum atomic E-state index is -0.822. The van der Waals surface area contributed by atoms with Gasteiger partial charge in [0, 0.05) is 6.54 Å². The van der Waals surface area contributed by atoms with Gasteiger partial charge in [0.1, 0.15) is 5.82 Å². The van der Waals surface area contributed by atoms with Crippen molar-refractivity contribution in [3.05, 3.63) is 35.6 Å². The van der Waals surface area contributed by atoms with Crippen molar-refractivity contribution in [1.29, 1.82) is 0 Å². The summed E-state index contributed by atoms with van der Waals surface area (Å²) in [7, 11) is 0. The molecule has 24 heavy (non-hydrogen) atoms. The van der Waals surface area contributed by atoms with Crippen LogP contribution in [0.3, 0.4) is 0 Å². The van der Waals surface area contributed by atoms with Crippen LogP contribution in [0.5, 0.6) is 0 Å². The minimum absolute atomic E-state index is 0.146. The fraction of sp³-hybridized carbons (Fsp3) is 0.556. The SMILES string of the molecule is CC(C)C(NC(=O)CN1CCC(C)(C(=O)O)C1)c1ccc(F)cc1. The molecule has 1 amide bonds. The molecule has 0 bridgehead atoms. The highest BCUT2D eigenvalue weighted by Gasteiger charge is 2.40. The van der Waals surface area contributed by atoms with Crippen LogP contribution in [0.15, 0.2) is 24.3 Å². The number of rotatable bonds is 6. The number of hydrogen-bond donors (Lipinski definition) is 2. The summed E-state index contributed by atoms with van der Waals surface area (Å²) in [5.41, 5.74) is 0.0749. The summed E-state index contributed by atoms with van der Waals surface area (Å²) in [6, 6.07) is 5.92. The van der Waals surface area contributed by atoms with Gasteiger partial charge < -0.3 is 10.4 Å². The highest BCUT2D eigenvalue weighted by Crippen LogP contribution is 2.30. The number of aliphatic carboxylic acids is 1. The summed E-state index contributed by atoms with van der Waals surface area (Å²) in [4.78, 5) is 25.5. The molecular formula is C18H25FN2O3. The Labute approximate surface area is 141 Å². The number of likely N-dealkylation sites (tertiary alicyclic amines) is 1. The fourth-order valence-corrected chi connectivity index (χ4v) is 3.09. The third-order valence-electron chi connectivity index (χ3n) is 4.65. The zero-order valence-corrected chi connectivity index (χ0v) is 14.4. The van der Waals surface area contributed by atoms with Gasteiger partial charge in [0.25, 0.3) is 0 Å². The number of carbonyl (C=O) groups excluding carboxylic acids is 1. The average Bonchev–Trinajstić information content (AvgIpc) is 2.88. The van der Waals surface area contributed by atoms with Crippen molar-refractivity contribution in [2.24, 2.45) is 11.3 Å². The van der Waals surface area contributed by atoms with Gasteiger partial charge in [-0.25, -0.2) is 4.39 Å². The van der Waals surface area contributed by atoms with Crippen LogP contribution >= 0.6 is 0 Å². The number of benzene rings is 1. The number of nitrogens with one attached hydrogen (secondary N) is 1. The zero-order chi connectivity index (χ0) is 17.9. The molecule has 132 valence electrons. The van der Waals surface area contributed by atoms with Gasteiger partial charge in [0.05, 0.1) is 18.0 Å². The van der Waals surface area contributed by atoms with Gasteiger partial charge in [-0.15, -0.1) is 0 Å². The Bertz CT molecular complexity index is 603. The Morgan fingerprint density at radius 1 is 1.33 bits per heavy atom. The Balaban J connectivity index is 1.97. The van der Waals surface area contributed by atoms with Crippen molar-refractivity contribution in [2.75, 3.05) is 19.6 Å². The molecule has 1 heterocycles. The van der Waals surface area contributed by atoms with Gasteiger partial charge in [-0.1, -0.05) is 26.0 Å². The second-order valence-corrected chi connectivity index (χ2v) is 7.17. The molecule has 1 fully saturated rings. The monoisotopic (exact) mass is 336 g/mol. The van der Waals surface area contributed by atoms with Crippen LogP contribution in [-0.4, -0.2) is 41.5 Å². The van der Waals surface area contributed by atoms with Gasteiger partial charge in [0.2, 0.25) is 5.91 Å². The second kappa shape index (κ2) is 7.30. The third-order valence-corrected chi connectivity index (χ3v) is 4.65. The predicted octanol–water partition coefficient (Wildman–Crippen LogP) is 2.44. The number of amides is 1. The Morgan fingerprint density at radius 3 is 2.46 bits per heavy atom. The van der Waals surface area contributed by atoms with E-state index in [1.54, 1.807) is 19.1 Å². The van der Waals surface area contributed by atoms with E-state index in [1.165, 1.54) is 12.1 Å². The van der Waals surface area contributed by atoms with Crippen LogP contribution in [0.4, 0.5) is 4.39 Å². The summed E-state index contributed by atoms with van der Waals surface area (Å²) < 4.78 is 13.1. The van der Waals surface area contributed by atoms with E-state index in [-0.39, 0.29) is 30.2 Å². The van der Waals surface area contributed by atoms with E-state index >= 15 is 0 Å². The molecule has 0 saturated carbocycles. The molecule has 1 saturated heterocycles. The maximum atomic E-state index is 13.1. The average molecular weight is 336 g/mol. The Kier molecular flexibility index (Phi) is 5.59. The molecule has 2 unspecified atom stereocenters. The van der Waals surface area contributed by atoms with E-state index in [2.05, 4.69) is 5.32 Å². The van der Waals surface area contributed by atoms with Gasteiger partial charge in [0.15, 0.2) is 0 Å². The molecule has 0 aliphatic carbocycles. The van der Waals surface area contributed by atoms with Crippen molar-refractivity contribution < 1.29 is 19.1 Å². The van der Waals surface area contributed by atoms with E-state index in [0.29, 0.717) is 19.5 Å². The predicted molar refractivity (Wildman–Crippen MR) is 88.9 cm³/mol. The standard InChI is InChI=1S/C18H25FN2O3/c1-12(2)16(13-4-6-14(19)7-5-13)20-15(22)10-21-9-8-18(3,11-21)17(23)24/h4-7,12,16H,8-11H2,1-3H3,(H,20,22)(H,23,24). The molecule has 1 aliphatic rings. The highest BCUT2D eigenvalue weighted by molar-refractivity contribution is 5.79. The molecule has 6 heteroatoms. The topological polar surface area (TPSA) is 69.6 Å². The van der Waals surface area contributed by atoms with Gasteiger partial charge in [-0.2, -0.15) is 0 Å². The summed E-state index contributed by atoms with van der Waals surface area (Å²) in [5.74, 6) is -1.12. The third kappa shape index (κ3) is 4.32. The van der Waals surface area contributed by atoms with Crippen molar-refractivity contribution in [1.82, 2.24) is 10.2 Å². The van der Waals surface area contributed by atoms with Gasteiger partial charge in [-0.05, 0) is 43.5 Å². The molecule has 5 nitrogen and oxygen atoms in total. The molecule has 0 spiro atoms. The number of halogens is 1. The molecule has 0 radical (unpaired) electrons. The molecule has 2 atom stereocenters. The van der Waals surface area contributed by atoms with Crippen molar-refractivity contribution in [2.45, 2.75) is 33.2 Å². The zero-order valence-electron chi connectivity index (χ0n) is 14.4. The lowest BCUT2D eigenvalue weighted by Crippen LogP contribution is -2.40. The fourth-order valence-electron chi connectivity index (χ4n) is 3.09. The first-order valence-electron chi connectivity index (χ1n) is 8.22. The Morgan fingerprint density at radius 2 is 1.96 bits per heavy atom. The van der Waals surface area contributed by atoms with E-state index in [4.69, 9.17) is 0 Å². The summed E-state index contributed by atoms with van der Waals surface area (Å²) >= 11 is 0. The minimum Gasteiger partial charge on any atom is -0.481 e. The number of carbonyl (C=O) groups is 2. The molecule has 0 aromatic heterocycles. The highest BCUT2D eigenvalue weighted by atomic mass is 19.1. The summed E-state index contributed by atoms with van der Waals surface area (Å²) in [6.45, 7) is 6.84. The smallest absolute Gasteiger partial charge is 0.310 e. The number of hydrogen-bond acceptors (Lipinski definition) is 3. The first-order chi connectivity index (χ1) is 11.2. The maximum Gasteiger partial charge on any atom is 0.310 e. The van der Waals surface area contributed by atoms with E-state index < -0.39 is 11.4 Å². The summed E-state index contributed by atoms with van der Waals surface area (Å²) in [5, 5.41) is 12.2. The number of nitrogens with zero attached hydrogens (tertiary/aromatic N) is 1. The molecule has 2 rings (SSSR count). The molecule has 1 aromatic carbocycles. The lowest BCUT2D eigenvalue weighted by molar-refractivity contribution is -0.147. The molecule has 1 aliphatic heterocycles. The number of carboxylic acid groups (broad SMARTS) is 1. The van der Waals surface area contributed by atoms with Crippen LogP contribution in [0.2, 0.25) is 0 Å². The number of carboxylic acids is 1. The largest absolute Gasteiger partial charge is 0.481 e. The summed E-state index contributed by atoms with van der Waals surface area (Å²) in [6.07, 6.45) is 0.543. The van der Waals surface area contributed by atoms with Crippen LogP contribution in [0, 0.1) is 17.2 Å². The van der Waals surface area contributed by atoms with Crippen LogP contribution in [0.1, 0.15) is 38.8 Å². The van der Waals surface area contributed by atoms with Gasteiger partial charge in [-0.3, -0.25) is 14.5 Å². The van der Waals surface area contributed by atoms with Crippen molar-refractivity contribution in [3.63, 3.8) is 0 Å². The lowest BCUT2D eigenvalue weighted by atomic mass is 9.90. The van der Waals surface area contributed by atoms with Crippen LogP contribution < -0.4 is 5.32 Å². The van der Waals surface area contributed by atoms with E-state index in [9.17, 15) is 19.1 Å². The first kappa shape index (κ1) is 18.4. The maximum absolute atomic E-state index is 13.1.